The van der Waals surface area contributed by atoms with Gasteiger partial charge in [-0.2, -0.15) is 0 Å². The van der Waals surface area contributed by atoms with Crippen LogP contribution >= 0.6 is 0 Å². The second-order valence-corrected chi connectivity index (χ2v) is 4.83. The Bertz CT molecular complexity index is 497. The molecule has 0 fully saturated rings. The first kappa shape index (κ1) is 13.6. The van der Waals surface area contributed by atoms with Crippen LogP contribution in [0.4, 0.5) is 0 Å². The maximum absolute atomic E-state index is 5.69. The molecule has 0 amide bonds. The van der Waals surface area contributed by atoms with Gasteiger partial charge in [0.2, 0.25) is 0 Å². The first-order valence-corrected chi connectivity index (χ1v) is 6.58. The van der Waals surface area contributed by atoms with Crippen LogP contribution < -0.4 is 10.1 Å². The SMILES string of the molecule is CC(C)NCc1cccc(COc2cccnc2)c1. The largest absolute Gasteiger partial charge is 0.487 e. The number of hydrogen-bond acceptors (Lipinski definition) is 3. The van der Waals surface area contributed by atoms with E-state index in [1.807, 2.05) is 12.1 Å². The summed E-state index contributed by atoms with van der Waals surface area (Å²) in [5, 5.41) is 3.41. The van der Waals surface area contributed by atoms with Gasteiger partial charge < -0.3 is 10.1 Å². The van der Waals surface area contributed by atoms with Crippen molar-refractivity contribution in [2.45, 2.75) is 33.0 Å². The first-order chi connectivity index (χ1) is 9.24. The molecule has 0 unspecified atom stereocenters. The van der Waals surface area contributed by atoms with E-state index in [2.05, 4.69) is 48.4 Å². The molecule has 0 bridgehead atoms. The lowest BCUT2D eigenvalue weighted by atomic mass is 10.1. The Balaban J connectivity index is 1.91. The van der Waals surface area contributed by atoms with E-state index in [1.54, 1.807) is 12.4 Å². The smallest absolute Gasteiger partial charge is 0.138 e. The summed E-state index contributed by atoms with van der Waals surface area (Å²) >= 11 is 0. The van der Waals surface area contributed by atoms with Crippen molar-refractivity contribution in [2.24, 2.45) is 0 Å². The molecule has 0 spiro atoms. The zero-order valence-corrected chi connectivity index (χ0v) is 11.5. The van der Waals surface area contributed by atoms with Crippen molar-refractivity contribution < 1.29 is 4.74 Å². The standard InChI is InChI=1S/C16H20N2O/c1-13(2)18-10-14-5-3-6-15(9-14)12-19-16-7-4-8-17-11-16/h3-9,11,13,18H,10,12H2,1-2H3. The lowest BCUT2D eigenvalue weighted by molar-refractivity contribution is 0.305. The number of aromatic nitrogens is 1. The molecular weight excluding hydrogens is 236 g/mol. The molecule has 0 saturated carbocycles. The van der Waals surface area contributed by atoms with Crippen molar-refractivity contribution in [3.05, 3.63) is 59.9 Å². The summed E-state index contributed by atoms with van der Waals surface area (Å²) < 4.78 is 5.69. The summed E-state index contributed by atoms with van der Waals surface area (Å²) in [5.41, 5.74) is 2.45. The van der Waals surface area contributed by atoms with Crippen molar-refractivity contribution >= 4 is 0 Å². The molecule has 0 aliphatic rings. The minimum Gasteiger partial charge on any atom is -0.487 e. The Labute approximate surface area is 114 Å². The Morgan fingerprint density at radius 1 is 1.16 bits per heavy atom. The summed E-state index contributed by atoms with van der Waals surface area (Å²) in [7, 11) is 0. The number of ether oxygens (including phenoxy) is 1. The number of benzene rings is 1. The van der Waals surface area contributed by atoms with Gasteiger partial charge in [0, 0.05) is 18.8 Å². The molecule has 19 heavy (non-hydrogen) atoms. The van der Waals surface area contributed by atoms with Gasteiger partial charge >= 0.3 is 0 Å². The highest BCUT2D eigenvalue weighted by atomic mass is 16.5. The molecule has 1 aromatic heterocycles. The van der Waals surface area contributed by atoms with Crippen LogP contribution in [0.2, 0.25) is 0 Å². The Kier molecular flexibility index (Phi) is 4.93. The first-order valence-electron chi connectivity index (χ1n) is 6.58. The molecule has 100 valence electrons. The van der Waals surface area contributed by atoms with Crippen molar-refractivity contribution in [3.8, 4) is 5.75 Å². The molecule has 2 aromatic rings. The average molecular weight is 256 g/mol. The third-order valence-electron chi connectivity index (χ3n) is 2.75. The molecule has 2 rings (SSSR count). The molecule has 1 heterocycles. The maximum Gasteiger partial charge on any atom is 0.138 e. The van der Waals surface area contributed by atoms with Crippen LogP contribution in [0.25, 0.3) is 0 Å². The van der Waals surface area contributed by atoms with Crippen LogP contribution in [0, 0.1) is 0 Å². The fraction of sp³-hybridized carbons (Fsp3) is 0.312. The molecule has 0 radical (unpaired) electrons. The normalized spacial score (nSPS) is 10.7. The lowest BCUT2D eigenvalue weighted by Gasteiger charge is -2.10. The minimum absolute atomic E-state index is 0.496. The van der Waals surface area contributed by atoms with Crippen LogP contribution in [-0.2, 0) is 13.2 Å². The molecule has 1 N–H and O–H groups in total. The summed E-state index contributed by atoms with van der Waals surface area (Å²) in [6.07, 6.45) is 3.47. The minimum atomic E-state index is 0.496. The number of hydrogen-bond donors (Lipinski definition) is 1. The number of rotatable bonds is 6. The van der Waals surface area contributed by atoms with E-state index in [1.165, 1.54) is 11.1 Å². The van der Waals surface area contributed by atoms with E-state index in [9.17, 15) is 0 Å². The second kappa shape index (κ2) is 6.90. The zero-order chi connectivity index (χ0) is 13.5. The highest BCUT2D eigenvalue weighted by molar-refractivity contribution is 5.24. The van der Waals surface area contributed by atoms with Gasteiger partial charge in [0.1, 0.15) is 12.4 Å². The van der Waals surface area contributed by atoms with Crippen LogP contribution in [0.1, 0.15) is 25.0 Å². The highest BCUT2D eigenvalue weighted by Gasteiger charge is 1.99. The Morgan fingerprint density at radius 3 is 2.74 bits per heavy atom. The van der Waals surface area contributed by atoms with E-state index in [4.69, 9.17) is 4.74 Å². The molecule has 3 nitrogen and oxygen atoms in total. The lowest BCUT2D eigenvalue weighted by Crippen LogP contribution is -2.21. The summed E-state index contributed by atoms with van der Waals surface area (Å²) in [4.78, 5) is 4.03. The Morgan fingerprint density at radius 2 is 2.00 bits per heavy atom. The van der Waals surface area contributed by atoms with Crippen molar-refractivity contribution in [1.82, 2.24) is 10.3 Å². The molecule has 0 atom stereocenters. The fourth-order valence-electron chi connectivity index (χ4n) is 1.75. The zero-order valence-electron chi connectivity index (χ0n) is 11.5. The van der Waals surface area contributed by atoms with E-state index in [0.29, 0.717) is 12.6 Å². The van der Waals surface area contributed by atoms with Gasteiger partial charge in [0.15, 0.2) is 0 Å². The molecule has 0 aliphatic carbocycles. The Hall–Kier alpha value is -1.87. The van der Waals surface area contributed by atoms with Crippen molar-refractivity contribution in [2.75, 3.05) is 0 Å². The predicted molar refractivity (Wildman–Crippen MR) is 77.0 cm³/mol. The van der Waals surface area contributed by atoms with Crippen LogP contribution in [0.5, 0.6) is 5.75 Å². The quantitative estimate of drug-likeness (QED) is 0.862. The van der Waals surface area contributed by atoms with Crippen molar-refractivity contribution in [1.29, 1.82) is 0 Å². The van der Waals surface area contributed by atoms with Gasteiger partial charge in [-0.05, 0) is 23.3 Å². The summed E-state index contributed by atoms with van der Waals surface area (Å²) in [5.74, 6) is 0.799. The molecule has 3 heteroatoms. The van der Waals surface area contributed by atoms with Gasteiger partial charge in [-0.25, -0.2) is 0 Å². The predicted octanol–water partition coefficient (Wildman–Crippen LogP) is 3.16. The average Bonchev–Trinajstić information content (AvgIpc) is 2.44. The molecule has 1 aromatic carbocycles. The maximum atomic E-state index is 5.69. The number of pyridine rings is 1. The second-order valence-electron chi connectivity index (χ2n) is 4.83. The van der Waals surface area contributed by atoms with E-state index < -0.39 is 0 Å². The van der Waals surface area contributed by atoms with Gasteiger partial charge in [-0.15, -0.1) is 0 Å². The number of nitrogens with one attached hydrogen (secondary N) is 1. The van der Waals surface area contributed by atoms with Crippen molar-refractivity contribution in [3.63, 3.8) is 0 Å². The summed E-state index contributed by atoms with van der Waals surface area (Å²) in [6.45, 7) is 5.75. The molecule has 0 saturated heterocycles. The van der Waals surface area contributed by atoms with Gasteiger partial charge in [-0.1, -0.05) is 38.1 Å². The molecular formula is C16H20N2O. The third-order valence-corrected chi connectivity index (χ3v) is 2.75. The van der Waals surface area contributed by atoms with Gasteiger partial charge in [-0.3, -0.25) is 4.98 Å². The van der Waals surface area contributed by atoms with Gasteiger partial charge in [0.05, 0.1) is 6.20 Å². The van der Waals surface area contributed by atoms with Gasteiger partial charge in [0.25, 0.3) is 0 Å². The van der Waals surface area contributed by atoms with Crippen LogP contribution in [0.15, 0.2) is 48.8 Å². The van der Waals surface area contributed by atoms with Crippen LogP contribution in [-0.4, -0.2) is 11.0 Å². The van der Waals surface area contributed by atoms with E-state index >= 15 is 0 Å². The topological polar surface area (TPSA) is 34.1 Å². The van der Waals surface area contributed by atoms with E-state index in [-0.39, 0.29) is 0 Å². The number of nitrogens with zero attached hydrogens (tertiary/aromatic N) is 1. The third kappa shape index (κ3) is 4.72. The molecule has 0 aliphatic heterocycles. The van der Waals surface area contributed by atoms with Crippen LogP contribution in [0.3, 0.4) is 0 Å². The fourth-order valence-corrected chi connectivity index (χ4v) is 1.75. The monoisotopic (exact) mass is 256 g/mol. The highest BCUT2D eigenvalue weighted by Crippen LogP contribution is 2.11. The summed E-state index contributed by atoms with van der Waals surface area (Å²) in [6, 6.07) is 12.7. The van der Waals surface area contributed by atoms with E-state index in [0.717, 1.165) is 12.3 Å².